The van der Waals surface area contributed by atoms with Gasteiger partial charge in [0.25, 0.3) is 0 Å². The third kappa shape index (κ3) is 6.59. The molecule has 0 aromatic heterocycles. The fourth-order valence-corrected chi connectivity index (χ4v) is 4.54. The van der Waals surface area contributed by atoms with E-state index < -0.39 is 10.0 Å². The van der Waals surface area contributed by atoms with Crippen molar-refractivity contribution in [3.8, 4) is 0 Å². The van der Waals surface area contributed by atoms with E-state index in [9.17, 15) is 13.2 Å². The molecule has 1 heterocycles. The molecule has 0 atom stereocenters. The zero-order chi connectivity index (χ0) is 19.9. The lowest BCUT2D eigenvalue weighted by atomic mass is 9.97. The van der Waals surface area contributed by atoms with Crippen LogP contribution in [0.3, 0.4) is 0 Å². The van der Waals surface area contributed by atoms with Gasteiger partial charge < -0.3 is 10.1 Å². The number of rotatable bonds is 9. The standard InChI is InChI=1S/C20H32N2O4S/c1-16(2)15-26-14-4-11-21-20(23)18-9-12-22(13-10-18)27(24,25)19-7-5-17(3)6-8-19/h5-8,16,18H,4,9-15H2,1-3H3,(H,21,23). The Morgan fingerprint density at radius 1 is 1.22 bits per heavy atom. The van der Waals surface area contributed by atoms with Crippen molar-refractivity contribution in [1.82, 2.24) is 9.62 Å². The SMILES string of the molecule is Cc1ccc(S(=O)(=O)N2CCC(C(=O)NCCCOCC(C)C)CC2)cc1. The highest BCUT2D eigenvalue weighted by Gasteiger charge is 2.31. The first-order valence-corrected chi connectivity index (χ1v) is 11.2. The molecule has 1 N–H and O–H groups in total. The molecule has 1 aromatic carbocycles. The molecule has 1 saturated heterocycles. The van der Waals surface area contributed by atoms with Crippen molar-refractivity contribution in [1.29, 1.82) is 0 Å². The molecule has 6 nitrogen and oxygen atoms in total. The van der Waals surface area contributed by atoms with E-state index in [1.807, 2.05) is 6.92 Å². The van der Waals surface area contributed by atoms with Crippen molar-refractivity contribution < 1.29 is 17.9 Å². The fourth-order valence-electron chi connectivity index (χ4n) is 3.07. The van der Waals surface area contributed by atoms with Crippen molar-refractivity contribution in [3.05, 3.63) is 29.8 Å². The van der Waals surface area contributed by atoms with Crippen molar-refractivity contribution in [2.24, 2.45) is 11.8 Å². The number of benzene rings is 1. The van der Waals surface area contributed by atoms with Crippen molar-refractivity contribution in [2.45, 2.75) is 44.9 Å². The third-order valence-corrected chi connectivity index (χ3v) is 6.61. The molecule has 0 bridgehead atoms. The van der Waals surface area contributed by atoms with Gasteiger partial charge in [0.2, 0.25) is 15.9 Å². The van der Waals surface area contributed by atoms with Crippen LogP contribution >= 0.6 is 0 Å². The number of carbonyl (C=O) groups is 1. The molecule has 1 aromatic rings. The molecule has 0 aliphatic carbocycles. The Balaban J connectivity index is 1.74. The average molecular weight is 397 g/mol. The van der Waals surface area contributed by atoms with Gasteiger partial charge in [-0.3, -0.25) is 4.79 Å². The predicted molar refractivity (Wildman–Crippen MR) is 106 cm³/mol. The summed E-state index contributed by atoms with van der Waals surface area (Å²) in [6, 6.07) is 6.89. The van der Waals surface area contributed by atoms with Crippen LogP contribution in [-0.2, 0) is 19.6 Å². The van der Waals surface area contributed by atoms with E-state index in [1.165, 1.54) is 4.31 Å². The Morgan fingerprint density at radius 3 is 2.44 bits per heavy atom. The van der Waals surface area contributed by atoms with Crippen molar-refractivity contribution in [2.75, 3.05) is 32.8 Å². The monoisotopic (exact) mass is 396 g/mol. The highest BCUT2D eigenvalue weighted by Crippen LogP contribution is 2.24. The fraction of sp³-hybridized carbons (Fsp3) is 0.650. The normalized spacial score (nSPS) is 16.6. The average Bonchev–Trinajstić information content (AvgIpc) is 2.64. The molecule has 0 saturated carbocycles. The van der Waals surface area contributed by atoms with Crippen LogP contribution in [0.1, 0.15) is 38.7 Å². The maximum absolute atomic E-state index is 12.7. The molecule has 7 heteroatoms. The van der Waals surface area contributed by atoms with Gasteiger partial charge in [0.1, 0.15) is 0 Å². The van der Waals surface area contributed by atoms with E-state index in [1.54, 1.807) is 24.3 Å². The first-order chi connectivity index (χ1) is 12.8. The molecule has 1 aliphatic rings. The number of amides is 1. The van der Waals surface area contributed by atoms with Gasteiger partial charge in [0, 0.05) is 38.8 Å². The van der Waals surface area contributed by atoms with Crippen LogP contribution in [0.15, 0.2) is 29.2 Å². The Kier molecular flexibility index (Phi) is 8.26. The summed E-state index contributed by atoms with van der Waals surface area (Å²) in [7, 11) is -3.48. The summed E-state index contributed by atoms with van der Waals surface area (Å²) in [5.41, 5.74) is 1.03. The molecule has 0 radical (unpaired) electrons. The minimum atomic E-state index is -3.48. The largest absolute Gasteiger partial charge is 0.381 e. The van der Waals surface area contributed by atoms with Gasteiger partial charge >= 0.3 is 0 Å². The first kappa shape index (κ1) is 21.9. The third-order valence-electron chi connectivity index (χ3n) is 4.70. The topological polar surface area (TPSA) is 75.7 Å². The summed E-state index contributed by atoms with van der Waals surface area (Å²) < 4.78 is 32.4. The number of nitrogens with one attached hydrogen (secondary N) is 1. The van der Waals surface area contributed by atoms with Gasteiger partial charge in [-0.05, 0) is 44.2 Å². The number of aryl methyl sites for hydroxylation is 1. The summed E-state index contributed by atoms with van der Waals surface area (Å²) in [5.74, 6) is 0.415. The molecule has 1 fully saturated rings. The van der Waals surface area contributed by atoms with Crippen LogP contribution in [0.2, 0.25) is 0 Å². The van der Waals surface area contributed by atoms with Gasteiger partial charge in [-0.25, -0.2) is 8.42 Å². The van der Waals surface area contributed by atoms with Gasteiger partial charge in [-0.1, -0.05) is 31.5 Å². The first-order valence-electron chi connectivity index (χ1n) is 9.73. The summed E-state index contributed by atoms with van der Waals surface area (Å²) >= 11 is 0. The van der Waals surface area contributed by atoms with Crippen LogP contribution in [0.5, 0.6) is 0 Å². The van der Waals surface area contributed by atoms with E-state index in [4.69, 9.17) is 4.74 Å². The van der Waals surface area contributed by atoms with Gasteiger partial charge in [0.15, 0.2) is 0 Å². The second-order valence-electron chi connectivity index (χ2n) is 7.60. The van der Waals surface area contributed by atoms with Gasteiger partial charge in [-0.2, -0.15) is 4.31 Å². The highest BCUT2D eigenvalue weighted by molar-refractivity contribution is 7.89. The molecule has 27 heavy (non-hydrogen) atoms. The summed E-state index contributed by atoms with van der Waals surface area (Å²) in [5, 5.41) is 2.95. The van der Waals surface area contributed by atoms with Crippen LogP contribution < -0.4 is 5.32 Å². The van der Waals surface area contributed by atoms with Crippen molar-refractivity contribution in [3.63, 3.8) is 0 Å². The van der Waals surface area contributed by atoms with Gasteiger partial charge in [-0.15, -0.1) is 0 Å². The Labute approximate surface area is 163 Å². The Hall–Kier alpha value is -1.44. The Bertz CT molecular complexity index is 693. The maximum Gasteiger partial charge on any atom is 0.243 e. The lowest BCUT2D eigenvalue weighted by Gasteiger charge is -2.30. The van der Waals surface area contributed by atoms with E-state index >= 15 is 0 Å². The second kappa shape index (κ2) is 10.2. The number of piperidine rings is 1. The van der Waals surface area contributed by atoms with Crippen LogP contribution in [-0.4, -0.2) is 51.5 Å². The summed E-state index contributed by atoms with van der Waals surface area (Å²) in [6.07, 6.45) is 1.90. The molecule has 0 unspecified atom stereocenters. The number of sulfonamides is 1. The zero-order valence-corrected chi connectivity index (χ0v) is 17.4. The molecular formula is C20H32N2O4S. The molecular weight excluding hydrogens is 364 g/mol. The lowest BCUT2D eigenvalue weighted by Crippen LogP contribution is -2.43. The quantitative estimate of drug-likeness (QED) is 0.651. The van der Waals surface area contributed by atoms with E-state index in [0.717, 1.165) is 18.6 Å². The van der Waals surface area contributed by atoms with Crippen LogP contribution in [0, 0.1) is 18.8 Å². The van der Waals surface area contributed by atoms with E-state index in [2.05, 4.69) is 19.2 Å². The molecule has 1 aliphatic heterocycles. The highest BCUT2D eigenvalue weighted by atomic mass is 32.2. The molecule has 2 rings (SSSR count). The second-order valence-corrected chi connectivity index (χ2v) is 9.54. The lowest BCUT2D eigenvalue weighted by molar-refractivity contribution is -0.126. The van der Waals surface area contributed by atoms with Gasteiger partial charge in [0.05, 0.1) is 4.90 Å². The summed E-state index contributed by atoms with van der Waals surface area (Å²) in [4.78, 5) is 12.6. The minimum Gasteiger partial charge on any atom is -0.381 e. The van der Waals surface area contributed by atoms with E-state index in [-0.39, 0.29) is 11.8 Å². The van der Waals surface area contributed by atoms with Crippen LogP contribution in [0.4, 0.5) is 0 Å². The smallest absolute Gasteiger partial charge is 0.243 e. The number of ether oxygens (including phenoxy) is 1. The summed E-state index contributed by atoms with van der Waals surface area (Å²) in [6.45, 7) is 8.88. The van der Waals surface area contributed by atoms with Crippen LogP contribution in [0.25, 0.3) is 0 Å². The zero-order valence-electron chi connectivity index (χ0n) is 16.6. The van der Waals surface area contributed by atoms with Crippen molar-refractivity contribution >= 4 is 15.9 Å². The Morgan fingerprint density at radius 2 is 1.85 bits per heavy atom. The number of nitrogens with zero attached hydrogens (tertiary/aromatic N) is 1. The predicted octanol–water partition coefficient (Wildman–Crippen LogP) is 2.57. The molecule has 0 spiro atoms. The minimum absolute atomic E-state index is 0.0197. The molecule has 1 amide bonds. The maximum atomic E-state index is 12.7. The number of carbonyl (C=O) groups excluding carboxylic acids is 1. The number of hydrogen-bond donors (Lipinski definition) is 1. The molecule has 152 valence electrons. The van der Waals surface area contributed by atoms with E-state index in [0.29, 0.717) is 49.9 Å². The number of hydrogen-bond acceptors (Lipinski definition) is 4.